The van der Waals surface area contributed by atoms with Gasteiger partial charge in [-0.3, -0.25) is 4.79 Å². The number of aryl methyl sites for hydroxylation is 1. The summed E-state index contributed by atoms with van der Waals surface area (Å²) in [4.78, 5) is 21.5. The molecule has 0 unspecified atom stereocenters. The van der Waals surface area contributed by atoms with Crippen molar-refractivity contribution in [1.82, 2.24) is 14.8 Å². The van der Waals surface area contributed by atoms with Crippen LogP contribution < -0.4 is 0 Å². The molecule has 1 aromatic heterocycles. The van der Waals surface area contributed by atoms with E-state index in [2.05, 4.69) is 30.7 Å². The van der Waals surface area contributed by atoms with Gasteiger partial charge in [-0.15, -0.1) is 11.3 Å². The van der Waals surface area contributed by atoms with Crippen LogP contribution in [0.25, 0.3) is 0 Å². The van der Waals surface area contributed by atoms with Crippen LogP contribution in [0.1, 0.15) is 50.4 Å². The number of rotatable bonds is 4. The molecule has 2 rings (SSSR count). The highest BCUT2D eigenvalue weighted by Crippen LogP contribution is 2.27. The first-order valence-electron chi connectivity index (χ1n) is 7.83. The summed E-state index contributed by atoms with van der Waals surface area (Å²) in [6, 6.07) is 0.648. The molecule has 1 saturated heterocycles. The van der Waals surface area contributed by atoms with E-state index in [0.29, 0.717) is 6.04 Å². The first-order valence-corrected chi connectivity index (χ1v) is 8.71. The Kier molecular flexibility index (Phi) is 5.38. The number of nitrogens with zero attached hydrogens (tertiary/aromatic N) is 3. The zero-order valence-electron chi connectivity index (χ0n) is 13.8. The second-order valence-corrected chi connectivity index (χ2v) is 7.25. The lowest BCUT2D eigenvalue weighted by Crippen LogP contribution is -2.44. The molecule has 1 atom stereocenters. The van der Waals surface area contributed by atoms with Gasteiger partial charge >= 0.3 is 0 Å². The Morgan fingerprint density at radius 2 is 2.00 bits per heavy atom. The van der Waals surface area contributed by atoms with E-state index in [0.717, 1.165) is 36.6 Å². The molecule has 0 aromatic carbocycles. The summed E-state index contributed by atoms with van der Waals surface area (Å²) < 4.78 is 0. The minimum Gasteiger partial charge on any atom is -0.336 e. The summed E-state index contributed by atoms with van der Waals surface area (Å²) in [5.41, 5.74) is 1.04. The lowest BCUT2D eigenvalue weighted by molar-refractivity contribution is -0.137. The van der Waals surface area contributed by atoms with Crippen molar-refractivity contribution < 1.29 is 4.79 Å². The fourth-order valence-electron chi connectivity index (χ4n) is 2.87. The maximum absolute atomic E-state index is 12.7. The standard InChI is InChI=1S/C16H27N3OS/c1-11(2)19-8-6-14(7-9-19)16(20)18(5)13(4)15-17-12(3)10-21-15/h10-11,13-14H,6-9H2,1-5H3/t13-/m1/s1. The zero-order valence-corrected chi connectivity index (χ0v) is 14.6. The number of amides is 1. The molecule has 118 valence electrons. The summed E-state index contributed by atoms with van der Waals surface area (Å²) in [6.45, 7) is 10.6. The van der Waals surface area contributed by atoms with E-state index in [-0.39, 0.29) is 17.9 Å². The van der Waals surface area contributed by atoms with E-state index in [1.165, 1.54) is 0 Å². The van der Waals surface area contributed by atoms with Crippen molar-refractivity contribution in [1.29, 1.82) is 0 Å². The summed E-state index contributed by atoms with van der Waals surface area (Å²) in [5.74, 6) is 0.451. The largest absolute Gasteiger partial charge is 0.336 e. The number of hydrogen-bond donors (Lipinski definition) is 0. The predicted octanol–water partition coefficient (Wildman–Crippen LogP) is 3.09. The first-order chi connectivity index (χ1) is 9.90. The van der Waals surface area contributed by atoms with Gasteiger partial charge in [-0.05, 0) is 53.6 Å². The van der Waals surface area contributed by atoms with Crippen LogP contribution in [0.2, 0.25) is 0 Å². The van der Waals surface area contributed by atoms with Crippen molar-refractivity contribution in [3.8, 4) is 0 Å². The van der Waals surface area contributed by atoms with Gasteiger partial charge < -0.3 is 9.80 Å². The molecule has 1 aliphatic rings. The van der Waals surface area contributed by atoms with Crippen LogP contribution in [0.5, 0.6) is 0 Å². The molecule has 0 N–H and O–H groups in total. The van der Waals surface area contributed by atoms with Crippen molar-refractivity contribution in [2.24, 2.45) is 5.92 Å². The molecule has 1 fully saturated rings. The van der Waals surface area contributed by atoms with Crippen molar-refractivity contribution in [3.05, 3.63) is 16.1 Å². The van der Waals surface area contributed by atoms with Crippen molar-refractivity contribution in [2.75, 3.05) is 20.1 Å². The number of carbonyl (C=O) groups excluding carboxylic acids is 1. The van der Waals surface area contributed by atoms with Crippen molar-refractivity contribution in [2.45, 2.75) is 52.6 Å². The summed E-state index contributed by atoms with van der Waals surface area (Å²) in [6.07, 6.45) is 1.95. The lowest BCUT2D eigenvalue weighted by Gasteiger charge is -2.36. The van der Waals surface area contributed by atoms with Crippen LogP contribution in [0.3, 0.4) is 0 Å². The molecule has 1 aliphatic heterocycles. The molecular formula is C16H27N3OS. The molecular weight excluding hydrogens is 282 g/mol. The minimum absolute atomic E-state index is 0.0688. The topological polar surface area (TPSA) is 36.4 Å². The predicted molar refractivity (Wildman–Crippen MR) is 87.5 cm³/mol. The molecule has 4 nitrogen and oxygen atoms in total. The Balaban J connectivity index is 1.94. The zero-order chi connectivity index (χ0) is 15.6. The maximum atomic E-state index is 12.7. The number of likely N-dealkylation sites (tertiary alicyclic amines) is 1. The second kappa shape index (κ2) is 6.88. The molecule has 0 aliphatic carbocycles. The van der Waals surface area contributed by atoms with Crippen molar-refractivity contribution in [3.63, 3.8) is 0 Å². The highest BCUT2D eigenvalue weighted by molar-refractivity contribution is 7.09. The Morgan fingerprint density at radius 1 is 1.38 bits per heavy atom. The van der Waals surface area contributed by atoms with Crippen LogP contribution >= 0.6 is 11.3 Å². The van der Waals surface area contributed by atoms with Gasteiger partial charge in [0, 0.05) is 30.1 Å². The van der Waals surface area contributed by atoms with E-state index < -0.39 is 0 Å². The monoisotopic (exact) mass is 309 g/mol. The van der Waals surface area contributed by atoms with Gasteiger partial charge in [-0.1, -0.05) is 0 Å². The lowest BCUT2D eigenvalue weighted by atomic mass is 9.94. The van der Waals surface area contributed by atoms with Gasteiger partial charge in [-0.25, -0.2) is 4.98 Å². The third-order valence-electron chi connectivity index (χ3n) is 4.53. The van der Waals surface area contributed by atoms with Gasteiger partial charge in [0.05, 0.1) is 6.04 Å². The van der Waals surface area contributed by atoms with E-state index in [1.54, 1.807) is 11.3 Å². The van der Waals surface area contributed by atoms with E-state index in [1.807, 2.05) is 24.3 Å². The molecule has 0 saturated carbocycles. The van der Waals surface area contributed by atoms with Gasteiger partial charge in [0.15, 0.2) is 0 Å². The Bertz CT molecular complexity index is 478. The molecule has 0 bridgehead atoms. The average molecular weight is 309 g/mol. The smallest absolute Gasteiger partial charge is 0.226 e. The molecule has 5 heteroatoms. The molecule has 1 amide bonds. The molecule has 1 aromatic rings. The van der Waals surface area contributed by atoms with Crippen LogP contribution in [0.15, 0.2) is 5.38 Å². The normalized spacial score (nSPS) is 19.0. The van der Waals surface area contributed by atoms with Crippen LogP contribution in [-0.2, 0) is 4.79 Å². The summed E-state index contributed by atoms with van der Waals surface area (Å²) >= 11 is 1.64. The SMILES string of the molecule is Cc1csc([C@@H](C)N(C)C(=O)C2CCN(C(C)C)CC2)n1. The Morgan fingerprint density at radius 3 is 2.48 bits per heavy atom. The maximum Gasteiger partial charge on any atom is 0.226 e. The fourth-order valence-corrected chi connectivity index (χ4v) is 3.77. The number of thiazole rings is 1. The van der Waals surface area contributed by atoms with E-state index in [9.17, 15) is 4.79 Å². The minimum atomic E-state index is 0.0688. The third-order valence-corrected chi connectivity index (χ3v) is 5.66. The Labute approximate surface area is 132 Å². The average Bonchev–Trinajstić information content (AvgIpc) is 2.91. The van der Waals surface area contributed by atoms with Crippen LogP contribution in [0, 0.1) is 12.8 Å². The van der Waals surface area contributed by atoms with Gasteiger partial charge in [0.1, 0.15) is 5.01 Å². The Hall–Kier alpha value is -0.940. The fraction of sp³-hybridized carbons (Fsp3) is 0.750. The first kappa shape index (κ1) is 16.4. The third kappa shape index (κ3) is 3.83. The van der Waals surface area contributed by atoms with E-state index in [4.69, 9.17) is 0 Å². The number of hydrogen-bond acceptors (Lipinski definition) is 4. The van der Waals surface area contributed by atoms with Gasteiger partial charge in [0.25, 0.3) is 0 Å². The van der Waals surface area contributed by atoms with Crippen molar-refractivity contribution >= 4 is 17.2 Å². The number of piperidine rings is 1. The molecule has 0 spiro atoms. The van der Waals surface area contributed by atoms with Crippen LogP contribution in [-0.4, -0.2) is 46.9 Å². The van der Waals surface area contributed by atoms with Crippen LogP contribution in [0.4, 0.5) is 0 Å². The quantitative estimate of drug-likeness (QED) is 0.857. The van der Waals surface area contributed by atoms with E-state index >= 15 is 0 Å². The summed E-state index contributed by atoms with van der Waals surface area (Å²) in [7, 11) is 1.92. The highest BCUT2D eigenvalue weighted by atomic mass is 32.1. The number of aromatic nitrogens is 1. The number of carbonyl (C=O) groups is 1. The molecule has 21 heavy (non-hydrogen) atoms. The van der Waals surface area contributed by atoms with Gasteiger partial charge in [-0.2, -0.15) is 0 Å². The second-order valence-electron chi connectivity index (χ2n) is 6.36. The molecule has 0 radical (unpaired) electrons. The summed E-state index contributed by atoms with van der Waals surface area (Å²) in [5, 5.41) is 3.08. The highest BCUT2D eigenvalue weighted by Gasteiger charge is 2.30. The van der Waals surface area contributed by atoms with Gasteiger partial charge in [0.2, 0.25) is 5.91 Å². The molecule has 2 heterocycles.